The Morgan fingerprint density at radius 1 is 1.67 bits per heavy atom. The first-order valence-electron chi connectivity index (χ1n) is 5.08. The van der Waals surface area contributed by atoms with Crippen LogP contribution in [0, 0.1) is 6.92 Å². The Hall–Kier alpha value is -0.870. The summed E-state index contributed by atoms with van der Waals surface area (Å²) in [6.45, 7) is 5.85. The molecule has 2 heterocycles. The van der Waals surface area contributed by atoms with E-state index in [9.17, 15) is 0 Å². The average Bonchev–Trinajstić information content (AvgIpc) is 2.60. The molecule has 1 atom stereocenters. The number of rotatable bonds is 3. The van der Waals surface area contributed by atoms with E-state index in [1.807, 2.05) is 0 Å². The highest BCUT2D eigenvalue weighted by Crippen LogP contribution is 2.01. The first-order valence-corrected chi connectivity index (χ1v) is 5.96. The van der Waals surface area contributed by atoms with Gasteiger partial charge in [0.25, 0.3) is 0 Å². The van der Waals surface area contributed by atoms with Gasteiger partial charge in [0.05, 0.1) is 6.10 Å². The van der Waals surface area contributed by atoms with Crippen molar-refractivity contribution in [1.29, 1.82) is 0 Å². The predicted octanol–water partition coefficient (Wildman–Crippen LogP) is 0.722. The molecule has 0 radical (unpaired) electrons. The molecule has 0 fully saturated rings. The van der Waals surface area contributed by atoms with Gasteiger partial charge in [-0.05, 0) is 24.8 Å². The maximum Gasteiger partial charge on any atom is 0.121 e. The predicted molar refractivity (Wildman–Crippen MR) is 62.3 cm³/mol. The van der Waals surface area contributed by atoms with Crippen molar-refractivity contribution in [2.45, 2.75) is 20.0 Å². The zero-order valence-corrected chi connectivity index (χ0v) is 10.2. The van der Waals surface area contributed by atoms with E-state index >= 15 is 0 Å². The maximum atomic E-state index is 5.25. The number of nitrogens with zero attached hydrogens (tertiary/aromatic N) is 2. The summed E-state index contributed by atoms with van der Waals surface area (Å²) in [6, 6.07) is 0. The monoisotopic (exact) mass is 224 g/mol. The lowest BCUT2D eigenvalue weighted by molar-refractivity contribution is 0.0958. The highest BCUT2D eigenvalue weighted by atomic mass is 32.1. The van der Waals surface area contributed by atoms with Gasteiger partial charge in [0.1, 0.15) is 11.3 Å². The third kappa shape index (κ3) is 2.21. The molecule has 0 spiro atoms. The van der Waals surface area contributed by atoms with Crippen molar-refractivity contribution in [1.82, 2.24) is 4.90 Å². The van der Waals surface area contributed by atoms with Gasteiger partial charge in [-0.15, -0.1) is 11.3 Å². The molecule has 4 heteroatoms. The summed E-state index contributed by atoms with van der Waals surface area (Å²) in [6.07, 6.45) is 2.45. The van der Waals surface area contributed by atoms with Crippen LogP contribution in [-0.4, -0.2) is 31.3 Å². The minimum absolute atomic E-state index is 0.247. The Kier molecular flexibility index (Phi) is 3.07. The van der Waals surface area contributed by atoms with E-state index < -0.39 is 0 Å². The van der Waals surface area contributed by atoms with Crippen molar-refractivity contribution in [3.8, 4) is 0 Å². The summed E-state index contributed by atoms with van der Waals surface area (Å²) in [5.41, 5.74) is 1.31. The Morgan fingerprint density at radius 2 is 2.47 bits per heavy atom. The molecule has 1 unspecified atom stereocenters. The Morgan fingerprint density at radius 3 is 3.20 bits per heavy atom. The van der Waals surface area contributed by atoms with Gasteiger partial charge in [-0.1, -0.05) is 0 Å². The lowest BCUT2D eigenvalue weighted by Crippen LogP contribution is -2.37. The fraction of sp³-hybridized carbons (Fsp3) is 0.545. The summed E-state index contributed by atoms with van der Waals surface area (Å²) in [4.78, 5) is 6.74. The van der Waals surface area contributed by atoms with E-state index in [-0.39, 0.29) is 6.10 Å². The highest BCUT2D eigenvalue weighted by molar-refractivity contribution is 7.07. The quantitative estimate of drug-likeness (QED) is 0.756. The Labute approximate surface area is 93.7 Å². The molecule has 1 aliphatic rings. The third-order valence-corrected chi connectivity index (χ3v) is 3.65. The van der Waals surface area contributed by atoms with Crippen LogP contribution in [0.3, 0.4) is 0 Å². The molecule has 0 saturated heterocycles. The Balaban J connectivity index is 2.22. The van der Waals surface area contributed by atoms with Gasteiger partial charge in [0.15, 0.2) is 0 Å². The molecule has 3 nitrogen and oxygen atoms in total. The number of aryl methyl sites for hydroxylation is 1. The summed E-state index contributed by atoms with van der Waals surface area (Å²) in [5, 5.41) is 3.43. The van der Waals surface area contributed by atoms with Crippen LogP contribution in [0.25, 0.3) is 6.20 Å². The van der Waals surface area contributed by atoms with Gasteiger partial charge in [0.2, 0.25) is 0 Å². The Bertz CT molecular complexity index is 452. The topological polar surface area (TPSA) is 24.8 Å². The number of thiophene rings is 1. The second-order valence-electron chi connectivity index (χ2n) is 3.88. The van der Waals surface area contributed by atoms with Gasteiger partial charge in [-0.25, -0.2) is 0 Å². The largest absolute Gasteiger partial charge is 0.380 e. The van der Waals surface area contributed by atoms with Gasteiger partial charge < -0.3 is 9.64 Å². The molecule has 0 aliphatic carbocycles. The minimum atomic E-state index is 0.247. The van der Waals surface area contributed by atoms with Crippen molar-refractivity contribution in [3.63, 3.8) is 0 Å². The van der Waals surface area contributed by atoms with Crippen LogP contribution in [-0.2, 0) is 4.74 Å². The van der Waals surface area contributed by atoms with Crippen molar-refractivity contribution >= 4 is 17.5 Å². The number of methoxy groups -OCH3 is 1. The molecule has 82 valence electrons. The molecule has 0 saturated carbocycles. The summed E-state index contributed by atoms with van der Waals surface area (Å²) >= 11 is 1.72. The number of hydrogen-bond acceptors (Lipinski definition) is 4. The molecule has 1 aliphatic heterocycles. The fourth-order valence-electron chi connectivity index (χ4n) is 1.61. The van der Waals surface area contributed by atoms with E-state index in [1.165, 1.54) is 10.8 Å². The molecule has 15 heavy (non-hydrogen) atoms. The normalized spacial score (nSPS) is 16.6. The zero-order valence-electron chi connectivity index (χ0n) is 9.36. The summed E-state index contributed by atoms with van der Waals surface area (Å²) < 4.78 is 6.41. The number of fused-ring (bicyclic) bond motifs is 1. The van der Waals surface area contributed by atoms with Crippen LogP contribution < -0.4 is 9.89 Å². The van der Waals surface area contributed by atoms with Gasteiger partial charge in [-0.3, -0.25) is 4.99 Å². The van der Waals surface area contributed by atoms with E-state index in [1.54, 1.807) is 18.4 Å². The van der Waals surface area contributed by atoms with Crippen molar-refractivity contribution < 1.29 is 4.74 Å². The van der Waals surface area contributed by atoms with E-state index in [2.05, 4.69) is 35.3 Å². The first-order chi connectivity index (χ1) is 7.20. The fourth-order valence-corrected chi connectivity index (χ4v) is 2.50. The lowest BCUT2D eigenvalue weighted by Gasteiger charge is -2.23. The van der Waals surface area contributed by atoms with Crippen molar-refractivity contribution in [3.05, 3.63) is 20.8 Å². The van der Waals surface area contributed by atoms with E-state index in [0.29, 0.717) is 0 Å². The SMILES string of the molecule is COC(C)CN1C=c2c(C)csc2=NC1. The zero-order chi connectivity index (χ0) is 10.8. The van der Waals surface area contributed by atoms with Crippen molar-refractivity contribution in [2.24, 2.45) is 4.99 Å². The average molecular weight is 224 g/mol. The molecule has 0 N–H and O–H groups in total. The van der Waals surface area contributed by atoms with Crippen LogP contribution in [0.15, 0.2) is 10.4 Å². The molecule has 0 bridgehead atoms. The molecule has 0 aromatic carbocycles. The van der Waals surface area contributed by atoms with Crippen LogP contribution in [0.1, 0.15) is 12.5 Å². The van der Waals surface area contributed by atoms with Gasteiger partial charge in [0, 0.05) is 25.1 Å². The second kappa shape index (κ2) is 4.33. The number of hydrogen-bond donors (Lipinski definition) is 0. The molecule has 1 aromatic heterocycles. The van der Waals surface area contributed by atoms with Gasteiger partial charge >= 0.3 is 0 Å². The van der Waals surface area contributed by atoms with Crippen LogP contribution in [0.5, 0.6) is 0 Å². The molecule has 0 amide bonds. The summed E-state index contributed by atoms with van der Waals surface area (Å²) in [7, 11) is 1.74. The second-order valence-corrected chi connectivity index (χ2v) is 4.74. The molecule has 2 rings (SSSR count). The molecule has 1 aromatic rings. The third-order valence-electron chi connectivity index (χ3n) is 2.60. The maximum absolute atomic E-state index is 5.25. The lowest BCUT2D eigenvalue weighted by atomic mass is 10.3. The number of ether oxygens (including phenoxy) is 1. The van der Waals surface area contributed by atoms with Crippen LogP contribution in [0.4, 0.5) is 0 Å². The van der Waals surface area contributed by atoms with Crippen LogP contribution >= 0.6 is 11.3 Å². The summed E-state index contributed by atoms with van der Waals surface area (Å²) in [5.74, 6) is 0. The van der Waals surface area contributed by atoms with Crippen molar-refractivity contribution in [2.75, 3.05) is 20.3 Å². The highest BCUT2D eigenvalue weighted by Gasteiger charge is 2.09. The first kappa shape index (κ1) is 10.6. The molecular weight excluding hydrogens is 208 g/mol. The van der Waals surface area contributed by atoms with E-state index in [0.717, 1.165) is 17.9 Å². The van der Waals surface area contributed by atoms with Crippen LogP contribution in [0.2, 0.25) is 0 Å². The molecular formula is C11H16N2OS. The van der Waals surface area contributed by atoms with E-state index in [4.69, 9.17) is 4.74 Å². The van der Waals surface area contributed by atoms with Gasteiger partial charge in [-0.2, -0.15) is 0 Å². The standard InChI is InChI=1S/C11H16N2OS/c1-8-6-15-11-10(8)5-13(7-12-11)4-9(2)14-3/h5-6,9H,4,7H2,1-3H3. The minimum Gasteiger partial charge on any atom is -0.380 e. The smallest absolute Gasteiger partial charge is 0.121 e.